The van der Waals surface area contributed by atoms with E-state index >= 15 is 0 Å². The zero-order valence-corrected chi connectivity index (χ0v) is 32.4. The highest BCUT2D eigenvalue weighted by molar-refractivity contribution is 6.06. The van der Waals surface area contributed by atoms with E-state index in [2.05, 4.69) is 37.5 Å². The third-order valence-electron chi connectivity index (χ3n) is 13.4. The van der Waals surface area contributed by atoms with Crippen molar-refractivity contribution in [2.45, 2.75) is 75.9 Å². The summed E-state index contributed by atoms with van der Waals surface area (Å²) in [5.41, 5.74) is 4.74. The second-order valence-electron chi connectivity index (χ2n) is 16.9. The van der Waals surface area contributed by atoms with Gasteiger partial charge in [0.1, 0.15) is 11.3 Å². The van der Waals surface area contributed by atoms with Gasteiger partial charge in [0, 0.05) is 80.2 Å². The van der Waals surface area contributed by atoms with Crippen LogP contribution in [-0.2, 0) is 9.53 Å². The lowest BCUT2D eigenvalue weighted by molar-refractivity contribution is -0.153. The number of amides is 1. The lowest BCUT2D eigenvalue weighted by Gasteiger charge is -2.54. The summed E-state index contributed by atoms with van der Waals surface area (Å²) in [7, 11) is 1.75. The molecule has 2 spiro atoms. The number of H-pyrrole nitrogens is 1. The molecule has 5 fully saturated rings. The molecule has 2 aromatic carbocycles. The summed E-state index contributed by atoms with van der Waals surface area (Å²) in [6, 6.07) is 6.09. The Kier molecular flexibility index (Phi) is 9.42. The summed E-state index contributed by atoms with van der Waals surface area (Å²) in [5.74, 6) is 1.56. The number of alkyl halides is 3. The first-order valence-electron chi connectivity index (χ1n) is 20.2. The minimum absolute atomic E-state index is 0.0385. The van der Waals surface area contributed by atoms with Gasteiger partial charge in [0.05, 0.1) is 18.3 Å². The number of rotatable bonds is 10. The van der Waals surface area contributed by atoms with Crippen molar-refractivity contribution in [3.8, 4) is 16.9 Å². The molecular weight excluding hydrogens is 722 g/mol. The molecule has 1 N–H and O–H groups in total. The fourth-order valence-corrected chi connectivity index (χ4v) is 10.1. The molecule has 9 rings (SSSR count). The molecule has 11 nitrogen and oxygen atoms in total. The van der Waals surface area contributed by atoms with E-state index in [1.165, 1.54) is 6.08 Å². The molecule has 0 radical (unpaired) electrons. The highest BCUT2D eigenvalue weighted by atomic mass is 19.4. The molecule has 4 saturated heterocycles. The Bertz CT molecular complexity index is 2140. The maximum absolute atomic E-state index is 14.2. The standard InChI is InChI=1S/C42H51F3N8O3/c1-4-33(54)52-24-40(25-52)11-16-50(17-12-40)38-30-22-29(28-7-8-28)35(34-27(2)6-9-32-31(34)23-46-49-32)37(56-26-42(43,44)45)36(30)47-39(48-38)51-18-13-41(14-19-51)10-5-15-53(41)20-21-55-3/h4,6,9,22-23,28H,1,5,7-8,10-21,24-26H2,2-3H3,(H,46,49). The number of methoxy groups -OCH3 is 1. The van der Waals surface area contributed by atoms with Crippen LogP contribution in [-0.4, -0.2) is 120 Å². The summed E-state index contributed by atoms with van der Waals surface area (Å²) < 4.78 is 54.1. The zero-order chi connectivity index (χ0) is 38.8. The van der Waals surface area contributed by atoms with Crippen LogP contribution in [0.4, 0.5) is 24.9 Å². The Morgan fingerprint density at radius 3 is 2.45 bits per heavy atom. The smallest absolute Gasteiger partial charge is 0.422 e. The number of ether oxygens (including phenoxy) is 2. The Hall–Kier alpha value is -4.43. The number of aromatic nitrogens is 4. The predicted octanol–water partition coefficient (Wildman–Crippen LogP) is 7.00. The van der Waals surface area contributed by atoms with Crippen molar-refractivity contribution in [2.75, 3.05) is 82.5 Å². The summed E-state index contributed by atoms with van der Waals surface area (Å²) in [4.78, 5) is 31.8. The minimum Gasteiger partial charge on any atom is -0.481 e. The Balaban J connectivity index is 1.17. The summed E-state index contributed by atoms with van der Waals surface area (Å²) in [6.07, 6.45) is 6.40. The Labute approximate surface area is 325 Å². The van der Waals surface area contributed by atoms with Crippen LogP contribution in [0.1, 0.15) is 68.4 Å². The van der Waals surface area contributed by atoms with E-state index in [0.29, 0.717) is 49.8 Å². The number of hydrogen-bond acceptors (Lipinski definition) is 9. The van der Waals surface area contributed by atoms with Gasteiger partial charge in [-0.1, -0.05) is 12.6 Å². The molecule has 1 aliphatic carbocycles. The number of likely N-dealkylation sites (tertiary alicyclic amines) is 2. The maximum atomic E-state index is 14.2. The van der Waals surface area contributed by atoms with Gasteiger partial charge in [0.15, 0.2) is 12.4 Å². The lowest BCUT2D eigenvalue weighted by atomic mass is 9.72. The first-order valence-corrected chi connectivity index (χ1v) is 20.2. The number of carbonyl (C=O) groups is 1. The monoisotopic (exact) mass is 772 g/mol. The SMILES string of the molecule is C=CC(=O)N1CC2(CCN(c3nc(N4CCC5(CCCN5CCOC)CC4)nc4c(OCC(F)(F)F)c(-c5c(C)ccc6[nH]ncc56)c(C5CC5)cc34)CC2)C1. The van der Waals surface area contributed by atoms with Gasteiger partial charge in [-0.25, -0.2) is 4.98 Å². The van der Waals surface area contributed by atoms with Crippen LogP contribution in [0.25, 0.3) is 32.9 Å². The second-order valence-corrected chi connectivity index (χ2v) is 16.9. The van der Waals surface area contributed by atoms with E-state index in [9.17, 15) is 18.0 Å². The van der Waals surface area contributed by atoms with Crippen LogP contribution in [0.2, 0.25) is 0 Å². The Morgan fingerprint density at radius 2 is 1.75 bits per heavy atom. The van der Waals surface area contributed by atoms with Gasteiger partial charge in [-0.05, 0) is 106 Å². The van der Waals surface area contributed by atoms with Crippen molar-refractivity contribution in [1.82, 2.24) is 30.0 Å². The van der Waals surface area contributed by atoms with Crippen molar-refractivity contribution < 1.29 is 27.4 Å². The molecule has 6 heterocycles. The molecule has 4 aromatic rings. The van der Waals surface area contributed by atoms with Gasteiger partial charge in [-0.3, -0.25) is 14.8 Å². The van der Waals surface area contributed by atoms with Gasteiger partial charge >= 0.3 is 6.18 Å². The highest BCUT2D eigenvalue weighted by Crippen LogP contribution is 2.53. The second kappa shape index (κ2) is 14.2. The number of benzene rings is 2. The number of carbonyl (C=O) groups excluding carboxylic acids is 1. The molecule has 14 heteroatoms. The molecule has 0 bridgehead atoms. The number of hydrogen-bond donors (Lipinski definition) is 1. The number of nitrogens with one attached hydrogen (secondary N) is 1. The van der Waals surface area contributed by atoms with Gasteiger partial charge < -0.3 is 24.2 Å². The van der Waals surface area contributed by atoms with E-state index in [-0.39, 0.29) is 28.5 Å². The molecule has 56 heavy (non-hydrogen) atoms. The van der Waals surface area contributed by atoms with E-state index in [1.54, 1.807) is 13.3 Å². The minimum atomic E-state index is -4.56. The fraction of sp³-hybridized carbons (Fsp3) is 0.571. The molecule has 0 atom stereocenters. The van der Waals surface area contributed by atoms with Crippen molar-refractivity contribution in [3.05, 3.63) is 48.2 Å². The lowest BCUT2D eigenvalue weighted by Crippen LogP contribution is -2.61. The average Bonchev–Trinajstić information content (AvgIpc) is 3.80. The number of piperidine rings is 2. The number of nitrogens with zero attached hydrogens (tertiary/aromatic N) is 7. The topological polar surface area (TPSA) is 103 Å². The molecule has 2 aromatic heterocycles. The van der Waals surface area contributed by atoms with Crippen LogP contribution in [0.15, 0.2) is 37.1 Å². The first-order chi connectivity index (χ1) is 27.0. The fourth-order valence-electron chi connectivity index (χ4n) is 10.1. The molecule has 5 aliphatic rings. The largest absolute Gasteiger partial charge is 0.481 e. The zero-order valence-electron chi connectivity index (χ0n) is 32.4. The number of aromatic amines is 1. The number of anilines is 2. The van der Waals surface area contributed by atoms with E-state index in [1.807, 2.05) is 24.0 Å². The van der Waals surface area contributed by atoms with Crippen LogP contribution < -0.4 is 14.5 Å². The molecule has 1 amide bonds. The summed E-state index contributed by atoms with van der Waals surface area (Å²) in [6.45, 7) is 11.2. The van der Waals surface area contributed by atoms with Gasteiger partial charge in [0.25, 0.3) is 0 Å². The number of fused-ring (bicyclic) bond motifs is 2. The molecule has 4 aliphatic heterocycles. The number of halogens is 3. The summed E-state index contributed by atoms with van der Waals surface area (Å²) >= 11 is 0. The van der Waals surface area contributed by atoms with Crippen molar-refractivity contribution in [1.29, 1.82) is 0 Å². The molecule has 298 valence electrons. The van der Waals surface area contributed by atoms with Crippen LogP contribution in [0.3, 0.4) is 0 Å². The van der Waals surface area contributed by atoms with Crippen molar-refractivity contribution in [3.63, 3.8) is 0 Å². The normalized spacial score (nSPS) is 21.1. The van der Waals surface area contributed by atoms with Crippen LogP contribution in [0.5, 0.6) is 5.75 Å². The van der Waals surface area contributed by atoms with E-state index in [0.717, 1.165) is 116 Å². The highest BCUT2D eigenvalue weighted by Gasteiger charge is 2.47. The number of aryl methyl sites for hydroxylation is 1. The van der Waals surface area contributed by atoms with Gasteiger partial charge in [-0.2, -0.15) is 23.3 Å². The van der Waals surface area contributed by atoms with E-state index < -0.39 is 12.8 Å². The van der Waals surface area contributed by atoms with Crippen LogP contribution >= 0.6 is 0 Å². The van der Waals surface area contributed by atoms with Crippen molar-refractivity contribution >= 4 is 39.5 Å². The third-order valence-corrected chi connectivity index (χ3v) is 13.4. The Morgan fingerprint density at radius 1 is 1.00 bits per heavy atom. The first kappa shape index (κ1) is 37.2. The van der Waals surface area contributed by atoms with Crippen LogP contribution in [0, 0.1) is 12.3 Å². The maximum Gasteiger partial charge on any atom is 0.422 e. The van der Waals surface area contributed by atoms with Gasteiger partial charge in [0.2, 0.25) is 11.9 Å². The molecule has 0 unspecified atom stereocenters. The molecule has 1 saturated carbocycles. The van der Waals surface area contributed by atoms with Crippen molar-refractivity contribution in [2.24, 2.45) is 5.41 Å². The molecular formula is C42H51F3N8O3. The predicted molar refractivity (Wildman–Crippen MR) is 210 cm³/mol. The third kappa shape index (κ3) is 6.65. The summed E-state index contributed by atoms with van der Waals surface area (Å²) in [5, 5.41) is 8.93. The van der Waals surface area contributed by atoms with E-state index in [4.69, 9.17) is 19.4 Å². The van der Waals surface area contributed by atoms with Gasteiger partial charge in [-0.15, -0.1) is 0 Å². The average molecular weight is 773 g/mol. The quantitative estimate of drug-likeness (QED) is 0.171.